The fraction of sp³-hybridized carbons (Fsp3) is 0.462. The van der Waals surface area contributed by atoms with Crippen molar-refractivity contribution in [2.45, 2.75) is 71.3 Å². The van der Waals surface area contributed by atoms with E-state index >= 15 is 0 Å². The van der Waals surface area contributed by atoms with E-state index in [1.54, 1.807) is 32.9 Å². The zero-order valence-corrected chi connectivity index (χ0v) is 25.8. The van der Waals surface area contributed by atoms with Gasteiger partial charge in [-0.25, -0.2) is 19.6 Å². The van der Waals surface area contributed by atoms with E-state index in [4.69, 9.17) is 14.3 Å². The van der Waals surface area contributed by atoms with Crippen LogP contribution in [-0.4, -0.2) is 65.5 Å². The Kier molecular flexibility index (Phi) is 10.3. The normalized spacial score (nSPS) is 12.7. The molecular formula is C26H37N5O7SSi. The van der Waals surface area contributed by atoms with Crippen molar-refractivity contribution < 1.29 is 33.4 Å². The molecule has 218 valence electrons. The summed E-state index contributed by atoms with van der Waals surface area (Å²) < 4.78 is 11.3. The van der Waals surface area contributed by atoms with Crippen molar-refractivity contribution in [3.63, 3.8) is 0 Å². The first kappa shape index (κ1) is 32.6. The predicted molar refractivity (Wildman–Crippen MR) is 155 cm³/mol. The van der Waals surface area contributed by atoms with Gasteiger partial charge in [-0.05, 0) is 51.0 Å². The van der Waals surface area contributed by atoms with Crippen LogP contribution in [0, 0.1) is 0 Å². The molecule has 1 atom stereocenters. The molecule has 0 unspecified atom stereocenters. The van der Waals surface area contributed by atoms with Gasteiger partial charge in [0.2, 0.25) is 5.91 Å². The number of carboxylic acid groups (broad SMARTS) is 1. The number of aliphatic carboxylic acids is 1. The Morgan fingerprint density at radius 1 is 1.12 bits per heavy atom. The van der Waals surface area contributed by atoms with Gasteiger partial charge in [-0.3, -0.25) is 14.9 Å². The van der Waals surface area contributed by atoms with Crippen molar-refractivity contribution in [1.82, 2.24) is 20.6 Å². The summed E-state index contributed by atoms with van der Waals surface area (Å²) >= 11 is 1.19. The number of carboxylic acids is 1. The maximum absolute atomic E-state index is 13.0. The second-order valence-corrected chi connectivity index (χ2v) is 17.1. The van der Waals surface area contributed by atoms with E-state index in [-0.39, 0.29) is 23.2 Å². The van der Waals surface area contributed by atoms with Crippen LogP contribution in [0.1, 0.15) is 52.0 Å². The van der Waals surface area contributed by atoms with Crippen LogP contribution in [0.2, 0.25) is 18.1 Å². The highest BCUT2D eigenvalue weighted by molar-refractivity contribution is 7.13. The van der Waals surface area contributed by atoms with E-state index in [0.717, 1.165) is 0 Å². The van der Waals surface area contributed by atoms with E-state index < -0.39 is 49.5 Å². The summed E-state index contributed by atoms with van der Waals surface area (Å²) in [6.45, 7) is 18.5. The Balaban J connectivity index is 2.15. The first-order valence-electron chi connectivity index (χ1n) is 12.4. The number of pyridine rings is 1. The Morgan fingerprint density at radius 2 is 1.77 bits per heavy atom. The first-order chi connectivity index (χ1) is 18.3. The van der Waals surface area contributed by atoms with E-state index in [1.165, 1.54) is 22.9 Å². The predicted octanol–water partition coefficient (Wildman–Crippen LogP) is 4.39. The SMILES string of the molecule is C=C(NC(=O)[C@H](CO[Si](C)(C)C(C)(C)C)NC(=O)c1csc(-c2ccc(NC(=O)OC(C)(C)C)nc2)n1)C(=O)O. The molecule has 0 spiro atoms. The smallest absolute Gasteiger partial charge is 0.413 e. The maximum atomic E-state index is 13.0. The molecule has 4 N–H and O–H groups in total. The van der Waals surface area contributed by atoms with Gasteiger partial charge in [-0.2, -0.15) is 0 Å². The number of nitrogens with one attached hydrogen (secondary N) is 3. The molecule has 0 saturated carbocycles. The largest absolute Gasteiger partial charge is 0.477 e. The summed E-state index contributed by atoms with van der Waals surface area (Å²) in [5, 5.41) is 18.3. The average Bonchev–Trinajstić information content (AvgIpc) is 3.30. The van der Waals surface area contributed by atoms with Crippen molar-refractivity contribution in [2.75, 3.05) is 11.9 Å². The van der Waals surface area contributed by atoms with E-state index in [9.17, 15) is 19.2 Å². The molecule has 0 radical (unpaired) electrons. The zero-order valence-electron chi connectivity index (χ0n) is 24.0. The first-order valence-corrected chi connectivity index (χ1v) is 16.2. The number of rotatable bonds is 10. The molecule has 0 saturated heterocycles. The molecule has 0 bridgehead atoms. The van der Waals surface area contributed by atoms with Crippen LogP contribution in [0.25, 0.3) is 10.6 Å². The van der Waals surface area contributed by atoms with Gasteiger partial charge in [0.15, 0.2) is 8.32 Å². The number of ether oxygens (including phenoxy) is 1. The third kappa shape index (κ3) is 9.53. The molecule has 14 heteroatoms. The number of carbonyl (C=O) groups is 4. The molecular weight excluding hydrogens is 554 g/mol. The van der Waals surface area contributed by atoms with Crippen molar-refractivity contribution in [1.29, 1.82) is 0 Å². The lowest BCUT2D eigenvalue weighted by Crippen LogP contribution is -2.52. The molecule has 0 aliphatic heterocycles. The van der Waals surface area contributed by atoms with Gasteiger partial charge in [0, 0.05) is 17.1 Å². The Labute approximate surface area is 238 Å². The fourth-order valence-corrected chi connectivity index (χ4v) is 4.53. The maximum Gasteiger partial charge on any atom is 0.413 e. The van der Waals surface area contributed by atoms with Gasteiger partial charge >= 0.3 is 12.1 Å². The van der Waals surface area contributed by atoms with Crippen LogP contribution in [-0.2, 0) is 18.8 Å². The lowest BCUT2D eigenvalue weighted by atomic mass is 10.2. The van der Waals surface area contributed by atoms with E-state index in [2.05, 4.69) is 32.5 Å². The monoisotopic (exact) mass is 591 g/mol. The van der Waals surface area contributed by atoms with Crippen LogP contribution < -0.4 is 16.0 Å². The highest BCUT2D eigenvalue weighted by atomic mass is 32.1. The van der Waals surface area contributed by atoms with Crippen LogP contribution in [0.15, 0.2) is 36.0 Å². The van der Waals surface area contributed by atoms with Crippen LogP contribution >= 0.6 is 11.3 Å². The van der Waals surface area contributed by atoms with E-state index in [1.807, 2.05) is 33.9 Å². The van der Waals surface area contributed by atoms with Crippen molar-refractivity contribution in [3.8, 4) is 10.6 Å². The lowest BCUT2D eigenvalue weighted by Gasteiger charge is -2.37. The summed E-state index contributed by atoms with van der Waals surface area (Å²) in [4.78, 5) is 57.5. The van der Waals surface area contributed by atoms with Crippen molar-refractivity contribution in [2.24, 2.45) is 0 Å². The van der Waals surface area contributed by atoms with Gasteiger partial charge in [-0.1, -0.05) is 27.4 Å². The zero-order chi connectivity index (χ0) is 30.5. The summed E-state index contributed by atoms with van der Waals surface area (Å²) in [5.41, 5.74) is -0.516. The highest BCUT2D eigenvalue weighted by Crippen LogP contribution is 2.36. The fourth-order valence-electron chi connectivity index (χ4n) is 2.73. The van der Waals surface area contributed by atoms with Crippen LogP contribution in [0.5, 0.6) is 0 Å². The number of anilines is 1. The quantitative estimate of drug-likeness (QED) is 0.231. The number of thiazole rings is 1. The summed E-state index contributed by atoms with van der Waals surface area (Å²) in [6.07, 6.45) is 0.859. The average molecular weight is 592 g/mol. The topological polar surface area (TPSA) is 169 Å². The van der Waals surface area contributed by atoms with E-state index in [0.29, 0.717) is 10.6 Å². The molecule has 0 aliphatic carbocycles. The summed E-state index contributed by atoms with van der Waals surface area (Å²) in [5.74, 6) is -2.52. The molecule has 2 aromatic heterocycles. The molecule has 12 nitrogen and oxygen atoms in total. The Hall–Kier alpha value is -3.62. The van der Waals surface area contributed by atoms with Gasteiger partial charge in [-0.15, -0.1) is 11.3 Å². The Bertz CT molecular complexity index is 1260. The Morgan fingerprint density at radius 3 is 2.30 bits per heavy atom. The highest BCUT2D eigenvalue weighted by Gasteiger charge is 2.38. The number of carbonyl (C=O) groups excluding carboxylic acids is 3. The number of hydrogen-bond donors (Lipinski definition) is 4. The molecule has 0 aromatic carbocycles. The molecule has 2 heterocycles. The van der Waals surface area contributed by atoms with Crippen LogP contribution in [0.4, 0.5) is 10.6 Å². The minimum absolute atomic E-state index is 0.0538. The molecule has 0 aliphatic rings. The van der Waals surface area contributed by atoms with Crippen molar-refractivity contribution in [3.05, 3.63) is 41.7 Å². The minimum Gasteiger partial charge on any atom is -0.477 e. The molecule has 40 heavy (non-hydrogen) atoms. The second-order valence-electron chi connectivity index (χ2n) is 11.5. The van der Waals surface area contributed by atoms with Gasteiger partial charge in [0.05, 0.1) is 6.61 Å². The second kappa shape index (κ2) is 12.7. The van der Waals surface area contributed by atoms with Gasteiger partial charge in [0.25, 0.3) is 5.91 Å². The molecule has 2 rings (SSSR count). The molecule has 0 fully saturated rings. The lowest BCUT2D eigenvalue weighted by molar-refractivity contribution is -0.135. The number of amides is 3. The third-order valence-corrected chi connectivity index (χ3v) is 11.3. The molecule has 2 aromatic rings. The minimum atomic E-state index is -2.30. The third-order valence-electron chi connectivity index (χ3n) is 5.95. The molecule has 3 amide bonds. The van der Waals surface area contributed by atoms with Crippen molar-refractivity contribution >= 4 is 49.3 Å². The number of nitrogens with zero attached hydrogens (tertiary/aromatic N) is 2. The van der Waals surface area contributed by atoms with Crippen LogP contribution in [0.3, 0.4) is 0 Å². The number of hydrogen-bond acceptors (Lipinski definition) is 9. The summed E-state index contributed by atoms with van der Waals surface area (Å²) in [6, 6.07) is 2.07. The summed E-state index contributed by atoms with van der Waals surface area (Å²) in [7, 11) is -2.30. The van der Waals surface area contributed by atoms with Gasteiger partial charge in [0.1, 0.15) is 33.9 Å². The number of aromatic nitrogens is 2. The van der Waals surface area contributed by atoms with Gasteiger partial charge < -0.3 is 24.9 Å². The standard InChI is InChI=1S/C26H37N5O7SSi/c1-15(23(34)35)28-20(32)17(13-37-40(8,9)26(5,6)7)29-21(33)18-14-39-22(30-18)16-10-11-19(27-12-16)31-24(36)38-25(2,3)4/h10-12,14,17H,1,13H2,2-9H3,(H,28,32)(H,29,33)(H,34,35)(H,27,31,36)/t17-/m0/s1.